The molecule has 0 amide bonds. The van der Waals surface area contributed by atoms with Crippen LogP contribution in [-0.2, 0) is 18.5 Å². The van der Waals surface area contributed by atoms with Crippen molar-refractivity contribution in [2.45, 2.75) is 70.8 Å². The highest BCUT2D eigenvalue weighted by Gasteiger charge is 2.57. The highest BCUT2D eigenvalue weighted by molar-refractivity contribution is 6.89. The van der Waals surface area contributed by atoms with Gasteiger partial charge in [0.25, 0.3) is 0 Å². The first-order valence-corrected chi connectivity index (χ1v) is 18.7. The van der Waals surface area contributed by atoms with E-state index in [1.54, 1.807) is 5.56 Å². The lowest BCUT2D eigenvalue weighted by atomic mass is 9.53. The van der Waals surface area contributed by atoms with E-state index < -0.39 is 8.07 Å². The van der Waals surface area contributed by atoms with Crippen LogP contribution in [-0.4, -0.2) is 24.5 Å². The van der Waals surface area contributed by atoms with Crippen LogP contribution in [0.5, 0.6) is 0 Å². The predicted octanol–water partition coefficient (Wildman–Crippen LogP) is 8.16. The molecule has 0 unspecified atom stereocenters. The third-order valence-electron chi connectivity index (χ3n) is 10.1. The van der Waals surface area contributed by atoms with Gasteiger partial charge in [0.15, 0.2) is 0 Å². The summed E-state index contributed by atoms with van der Waals surface area (Å²) in [5, 5.41) is 4.14. The number of piperidine rings is 1. The van der Waals surface area contributed by atoms with Crippen LogP contribution in [0.4, 0.5) is 0 Å². The summed E-state index contributed by atoms with van der Waals surface area (Å²) in [6, 6.07) is 29.6. The maximum atomic E-state index is 5.70. The fraction of sp³-hybridized carbons (Fsp3) is 0.417. The van der Waals surface area contributed by atoms with Crippen LogP contribution >= 0.6 is 0 Å². The third-order valence-corrected chi connectivity index (χ3v) is 12.1. The fourth-order valence-electron chi connectivity index (χ4n) is 8.56. The maximum absolute atomic E-state index is 5.70. The second-order valence-electron chi connectivity index (χ2n) is 13.8. The van der Waals surface area contributed by atoms with Crippen molar-refractivity contribution < 1.29 is 0 Å². The number of pyridine rings is 1. The van der Waals surface area contributed by atoms with Crippen LogP contribution in [0.2, 0.25) is 19.6 Å². The second kappa shape index (κ2) is 9.42. The molecule has 0 radical (unpaired) electrons. The third kappa shape index (κ3) is 4.21. The molecule has 39 heavy (non-hydrogen) atoms. The fourth-order valence-corrected chi connectivity index (χ4v) is 10.1. The molecule has 1 saturated heterocycles. The van der Waals surface area contributed by atoms with E-state index in [0.29, 0.717) is 0 Å². The highest BCUT2D eigenvalue weighted by Crippen LogP contribution is 2.59. The van der Waals surface area contributed by atoms with E-state index in [1.807, 2.05) is 0 Å². The molecule has 0 N–H and O–H groups in total. The standard InChI is InChI=1S/C36H42N2Si/c1-25-19-30-21-33-32(36(23-25)31(30)15-10-18-38(36)24-26-11-6-5-7-12-26)22-34(39(2,3)4)35(37-33)29-17-16-27-13-8-9-14-28(27)20-29/h5-9,11-14,16-17,20,22,25,30-31H,10,15,18-19,21,23-24H2,1-4H3/t25-,30+,31-,36-/m1/s1. The summed E-state index contributed by atoms with van der Waals surface area (Å²) < 4.78 is 0. The van der Waals surface area contributed by atoms with E-state index in [4.69, 9.17) is 4.98 Å². The van der Waals surface area contributed by atoms with E-state index >= 15 is 0 Å². The van der Waals surface area contributed by atoms with Gasteiger partial charge in [-0.25, -0.2) is 0 Å². The van der Waals surface area contributed by atoms with Crippen LogP contribution in [0.25, 0.3) is 22.0 Å². The summed E-state index contributed by atoms with van der Waals surface area (Å²) in [4.78, 5) is 8.60. The first kappa shape index (κ1) is 25.2. The summed E-state index contributed by atoms with van der Waals surface area (Å²) in [6.45, 7) is 12.3. The molecule has 200 valence electrons. The zero-order valence-electron chi connectivity index (χ0n) is 24.1. The summed E-state index contributed by atoms with van der Waals surface area (Å²) in [5.74, 6) is 2.25. The quantitative estimate of drug-likeness (QED) is 0.247. The van der Waals surface area contributed by atoms with Crippen molar-refractivity contribution in [2.75, 3.05) is 6.54 Å². The van der Waals surface area contributed by atoms with Crippen LogP contribution in [0.3, 0.4) is 0 Å². The first-order chi connectivity index (χ1) is 18.8. The lowest BCUT2D eigenvalue weighted by Crippen LogP contribution is -2.62. The van der Waals surface area contributed by atoms with Crippen LogP contribution in [0, 0.1) is 17.8 Å². The van der Waals surface area contributed by atoms with Gasteiger partial charge in [0.05, 0.1) is 19.3 Å². The molecule has 2 aliphatic carbocycles. The molecule has 4 aromatic rings. The second-order valence-corrected chi connectivity index (χ2v) is 18.8. The Morgan fingerprint density at radius 2 is 1.69 bits per heavy atom. The SMILES string of the molecule is C[C@@H]1C[C@H]2Cc3nc(-c4ccc5ccccc5c4)c([Si](C)(C)C)cc3[C@@]3(C1)[C@@H]2CCCN3Cc1ccccc1. The minimum atomic E-state index is -1.68. The zero-order chi connectivity index (χ0) is 26.8. The Labute approximate surface area is 235 Å². The molecule has 3 heteroatoms. The number of benzene rings is 3. The molecule has 2 nitrogen and oxygen atoms in total. The van der Waals surface area contributed by atoms with Crippen molar-refractivity contribution in [3.05, 3.63) is 95.7 Å². The van der Waals surface area contributed by atoms with E-state index in [-0.39, 0.29) is 5.54 Å². The number of fused-ring (bicyclic) bond motifs is 2. The number of likely N-dealkylation sites (tertiary alicyclic amines) is 1. The van der Waals surface area contributed by atoms with Crippen molar-refractivity contribution in [1.82, 2.24) is 9.88 Å². The zero-order valence-corrected chi connectivity index (χ0v) is 25.1. The van der Waals surface area contributed by atoms with Gasteiger partial charge in [-0.2, -0.15) is 0 Å². The summed E-state index contributed by atoms with van der Waals surface area (Å²) in [5.41, 5.74) is 7.09. The van der Waals surface area contributed by atoms with Crippen molar-refractivity contribution >= 4 is 24.0 Å². The minimum Gasteiger partial charge on any atom is -0.289 e. The summed E-state index contributed by atoms with van der Waals surface area (Å²) in [7, 11) is -1.68. The van der Waals surface area contributed by atoms with E-state index in [1.165, 1.54) is 70.7 Å². The Bertz CT molecular complexity index is 1520. The molecule has 2 heterocycles. The van der Waals surface area contributed by atoms with Gasteiger partial charge in [-0.1, -0.05) is 99.4 Å². The Morgan fingerprint density at radius 3 is 2.49 bits per heavy atom. The number of hydrogen-bond acceptors (Lipinski definition) is 2. The highest BCUT2D eigenvalue weighted by atomic mass is 28.3. The summed E-state index contributed by atoms with van der Waals surface area (Å²) in [6.07, 6.45) is 6.47. The average Bonchev–Trinajstić information content (AvgIpc) is 2.92. The normalized spacial score (nSPS) is 26.7. The molecule has 1 saturated carbocycles. The molecule has 3 aliphatic rings. The molecule has 4 atom stereocenters. The summed E-state index contributed by atoms with van der Waals surface area (Å²) >= 11 is 0. The molecule has 2 fully saturated rings. The Morgan fingerprint density at radius 1 is 0.923 bits per heavy atom. The number of nitrogens with zero attached hydrogens (tertiary/aromatic N) is 2. The molecule has 3 aromatic carbocycles. The maximum Gasteiger partial charge on any atom is 0.0804 e. The molecule has 7 rings (SSSR count). The van der Waals surface area contributed by atoms with Gasteiger partial charge in [-0.15, -0.1) is 0 Å². The van der Waals surface area contributed by atoms with E-state index in [0.717, 1.165) is 30.7 Å². The Kier molecular flexibility index (Phi) is 6.09. The lowest BCUT2D eigenvalue weighted by Gasteiger charge is -2.62. The van der Waals surface area contributed by atoms with Gasteiger partial charge in [0.1, 0.15) is 0 Å². The topological polar surface area (TPSA) is 16.1 Å². The van der Waals surface area contributed by atoms with E-state index in [2.05, 4.69) is 110 Å². The number of hydrogen-bond donors (Lipinski definition) is 0. The smallest absolute Gasteiger partial charge is 0.0804 e. The van der Waals surface area contributed by atoms with Crippen molar-refractivity contribution in [3.63, 3.8) is 0 Å². The predicted molar refractivity (Wildman–Crippen MR) is 167 cm³/mol. The monoisotopic (exact) mass is 530 g/mol. The van der Waals surface area contributed by atoms with Gasteiger partial charge in [-0.05, 0) is 89.6 Å². The van der Waals surface area contributed by atoms with Crippen molar-refractivity contribution in [3.8, 4) is 11.3 Å². The van der Waals surface area contributed by atoms with Gasteiger partial charge in [0, 0.05) is 17.8 Å². The van der Waals surface area contributed by atoms with Gasteiger partial charge in [0.2, 0.25) is 0 Å². The largest absolute Gasteiger partial charge is 0.289 e. The van der Waals surface area contributed by atoms with Crippen molar-refractivity contribution in [1.29, 1.82) is 0 Å². The molecular formula is C36H42N2Si. The molecule has 0 spiro atoms. The Hall–Kier alpha value is -2.75. The molecule has 2 bridgehead atoms. The lowest BCUT2D eigenvalue weighted by molar-refractivity contribution is -0.0967. The van der Waals surface area contributed by atoms with Crippen LogP contribution in [0.15, 0.2) is 78.9 Å². The van der Waals surface area contributed by atoms with Gasteiger partial charge in [-0.3, -0.25) is 9.88 Å². The van der Waals surface area contributed by atoms with Crippen LogP contribution in [0.1, 0.15) is 49.4 Å². The molecule has 1 aliphatic heterocycles. The van der Waals surface area contributed by atoms with Gasteiger partial charge < -0.3 is 0 Å². The Balaban J connectivity index is 1.43. The van der Waals surface area contributed by atoms with Crippen LogP contribution < -0.4 is 5.19 Å². The number of rotatable bonds is 4. The molecular weight excluding hydrogens is 488 g/mol. The van der Waals surface area contributed by atoms with Crippen molar-refractivity contribution in [2.24, 2.45) is 17.8 Å². The minimum absolute atomic E-state index is 0.118. The van der Waals surface area contributed by atoms with E-state index in [9.17, 15) is 0 Å². The van der Waals surface area contributed by atoms with Gasteiger partial charge >= 0.3 is 0 Å². The average molecular weight is 531 g/mol. The number of aromatic nitrogens is 1. The first-order valence-electron chi connectivity index (χ1n) is 15.2. The molecule has 1 aromatic heterocycles.